The molecule has 6 nitrogen and oxygen atoms in total. The van der Waals surface area contributed by atoms with Gasteiger partial charge in [0, 0.05) is 31.9 Å². The van der Waals surface area contributed by atoms with Gasteiger partial charge in [0.25, 0.3) is 0 Å². The minimum atomic E-state index is -0.224. The van der Waals surface area contributed by atoms with Gasteiger partial charge in [0.1, 0.15) is 18.0 Å². The van der Waals surface area contributed by atoms with Gasteiger partial charge in [-0.15, -0.1) is 0 Å². The lowest BCUT2D eigenvalue weighted by atomic mass is 10.2. The van der Waals surface area contributed by atoms with Gasteiger partial charge in [0.15, 0.2) is 0 Å². The van der Waals surface area contributed by atoms with Gasteiger partial charge in [-0.1, -0.05) is 12.1 Å². The van der Waals surface area contributed by atoms with E-state index in [4.69, 9.17) is 10.5 Å². The van der Waals surface area contributed by atoms with Crippen molar-refractivity contribution >= 4 is 22.8 Å². The molecule has 0 amide bonds. The summed E-state index contributed by atoms with van der Waals surface area (Å²) in [5.74, 6) is -0.189. The first-order chi connectivity index (χ1) is 12.7. The number of piperazine rings is 1. The van der Waals surface area contributed by atoms with Crippen molar-refractivity contribution in [3.63, 3.8) is 0 Å². The molecule has 7 heteroatoms. The summed E-state index contributed by atoms with van der Waals surface area (Å²) in [6.07, 6.45) is 0. The predicted octanol–water partition coefficient (Wildman–Crippen LogP) is 2.97. The van der Waals surface area contributed by atoms with E-state index < -0.39 is 0 Å². The number of benzene rings is 2. The van der Waals surface area contributed by atoms with Crippen molar-refractivity contribution in [2.45, 2.75) is 0 Å². The normalized spacial score (nSPS) is 13.5. The number of rotatable bonds is 4. The molecule has 3 rings (SSSR count). The second kappa shape index (κ2) is 8.00. The van der Waals surface area contributed by atoms with Crippen LogP contribution in [0.5, 0.6) is 0 Å². The van der Waals surface area contributed by atoms with Crippen molar-refractivity contribution in [2.75, 3.05) is 41.4 Å². The number of para-hydroxylation sites is 1. The van der Waals surface area contributed by atoms with Crippen LogP contribution in [0, 0.1) is 28.5 Å². The second-order valence-corrected chi connectivity index (χ2v) is 5.77. The van der Waals surface area contributed by atoms with Crippen molar-refractivity contribution in [3.05, 3.63) is 54.3 Å². The fourth-order valence-corrected chi connectivity index (χ4v) is 2.86. The minimum Gasteiger partial charge on any atom is -0.368 e. The van der Waals surface area contributed by atoms with E-state index in [1.165, 1.54) is 6.07 Å². The summed E-state index contributed by atoms with van der Waals surface area (Å²) in [5, 5.41) is 21.0. The molecule has 0 spiro atoms. The SMILES string of the molecule is N#CC(C#N)=NNc1ccc(N2CCN(c3ccccc3F)CC2)cc1. The first kappa shape index (κ1) is 17.2. The van der Waals surface area contributed by atoms with Crippen molar-refractivity contribution in [3.8, 4) is 12.1 Å². The molecule has 0 aliphatic carbocycles. The largest absolute Gasteiger partial charge is 0.368 e. The fraction of sp³-hybridized carbons (Fsp3) is 0.211. The fourth-order valence-electron chi connectivity index (χ4n) is 2.86. The molecule has 2 aromatic rings. The van der Waals surface area contributed by atoms with Gasteiger partial charge < -0.3 is 9.80 Å². The molecule has 2 aromatic carbocycles. The monoisotopic (exact) mass is 348 g/mol. The molecule has 0 radical (unpaired) electrons. The number of hydrogen-bond acceptors (Lipinski definition) is 6. The lowest BCUT2D eigenvalue weighted by Gasteiger charge is -2.37. The highest BCUT2D eigenvalue weighted by molar-refractivity contribution is 6.10. The molecule has 1 aliphatic heterocycles. The van der Waals surface area contributed by atoms with Crippen molar-refractivity contribution in [1.29, 1.82) is 10.5 Å². The van der Waals surface area contributed by atoms with E-state index in [2.05, 4.69) is 20.3 Å². The first-order valence-corrected chi connectivity index (χ1v) is 8.19. The molecular formula is C19H17FN6. The molecule has 0 unspecified atom stereocenters. The van der Waals surface area contributed by atoms with Crippen LogP contribution in [-0.2, 0) is 0 Å². The summed E-state index contributed by atoms with van der Waals surface area (Å²) in [6, 6.07) is 17.8. The number of nitrogens with zero attached hydrogens (tertiary/aromatic N) is 5. The summed E-state index contributed by atoms with van der Waals surface area (Å²) < 4.78 is 13.9. The number of anilines is 3. The van der Waals surface area contributed by atoms with Crippen LogP contribution in [0.3, 0.4) is 0 Å². The molecule has 1 heterocycles. The molecule has 1 aliphatic rings. The Balaban J connectivity index is 1.60. The van der Waals surface area contributed by atoms with Crippen LogP contribution in [0.4, 0.5) is 21.5 Å². The van der Waals surface area contributed by atoms with Gasteiger partial charge in [-0.2, -0.15) is 15.6 Å². The van der Waals surface area contributed by atoms with Crippen LogP contribution in [0.1, 0.15) is 0 Å². The third-order valence-corrected chi connectivity index (χ3v) is 4.21. The number of nitrogens with one attached hydrogen (secondary N) is 1. The third-order valence-electron chi connectivity index (χ3n) is 4.21. The smallest absolute Gasteiger partial charge is 0.237 e. The average Bonchev–Trinajstić information content (AvgIpc) is 2.70. The molecule has 1 fully saturated rings. The van der Waals surface area contributed by atoms with Crippen molar-refractivity contribution in [2.24, 2.45) is 5.10 Å². The lowest BCUT2D eigenvalue weighted by Crippen LogP contribution is -2.46. The first-order valence-electron chi connectivity index (χ1n) is 8.19. The topological polar surface area (TPSA) is 78.4 Å². The second-order valence-electron chi connectivity index (χ2n) is 5.77. The Morgan fingerprint density at radius 2 is 1.54 bits per heavy atom. The van der Waals surface area contributed by atoms with Gasteiger partial charge in [-0.25, -0.2) is 4.39 Å². The summed E-state index contributed by atoms with van der Waals surface area (Å²) in [4.78, 5) is 4.29. The minimum absolute atomic E-state index is 0.189. The Bertz CT molecular complexity index is 854. The molecule has 130 valence electrons. The maximum atomic E-state index is 13.9. The van der Waals surface area contributed by atoms with E-state index in [1.54, 1.807) is 18.2 Å². The maximum absolute atomic E-state index is 13.9. The number of hydrazone groups is 1. The van der Waals surface area contributed by atoms with E-state index in [0.717, 1.165) is 31.9 Å². The molecule has 0 bridgehead atoms. The Hall–Kier alpha value is -3.58. The van der Waals surface area contributed by atoms with Crippen LogP contribution >= 0.6 is 0 Å². The number of nitriles is 2. The summed E-state index contributed by atoms with van der Waals surface area (Å²) >= 11 is 0. The van der Waals surface area contributed by atoms with E-state index in [9.17, 15) is 4.39 Å². The number of hydrogen-bond donors (Lipinski definition) is 1. The molecule has 0 aromatic heterocycles. The van der Waals surface area contributed by atoms with Crippen LogP contribution in [0.15, 0.2) is 53.6 Å². The lowest BCUT2D eigenvalue weighted by molar-refractivity contribution is 0.598. The van der Waals surface area contributed by atoms with Gasteiger partial charge >= 0.3 is 0 Å². The zero-order valence-electron chi connectivity index (χ0n) is 14.1. The Morgan fingerprint density at radius 1 is 0.923 bits per heavy atom. The molecule has 0 saturated carbocycles. The van der Waals surface area contributed by atoms with Gasteiger partial charge in [-0.3, -0.25) is 5.43 Å². The van der Waals surface area contributed by atoms with Crippen LogP contribution in [0.2, 0.25) is 0 Å². The highest BCUT2D eigenvalue weighted by Gasteiger charge is 2.19. The average molecular weight is 348 g/mol. The van der Waals surface area contributed by atoms with Gasteiger partial charge in [0.2, 0.25) is 5.71 Å². The van der Waals surface area contributed by atoms with Gasteiger partial charge in [0.05, 0.1) is 11.4 Å². The number of halogens is 1. The summed E-state index contributed by atoms with van der Waals surface area (Å²) in [6.45, 7) is 3.09. The summed E-state index contributed by atoms with van der Waals surface area (Å²) in [5.41, 5.74) is 4.87. The highest BCUT2D eigenvalue weighted by Crippen LogP contribution is 2.23. The molecular weight excluding hydrogens is 331 g/mol. The highest BCUT2D eigenvalue weighted by atomic mass is 19.1. The molecule has 0 atom stereocenters. The van der Waals surface area contributed by atoms with Crippen LogP contribution < -0.4 is 15.2 Å². The van der Waals surface area contributed by atoms with Crippen LogP contribution in [-0.4, -0.2) is 31.9 Å². The van der Waals surface area contributed by atoms with E-state index in [0.29, 0.717) is 11.4 Å². The molecule has 1 saturated heterocycles. The zero-order chi connectivity index (χ0) is 18.4. The molecule has 26 heavy (non-hydrogen) atoms. The van der Waals surface area contributed by atoms with E-state index in [1.807, 2.05) is 36.4 Å². The van der Waals surface area contributed by atoms with Crippen molar-refractivity contribution in [1.82, 2.24) is 0 Å². The Morgan fingerprint density at radius 3 is 2.15 bits per heavy atom. The van der Waals surface area contributed by atoms with Crippen LogP contribution in [0.25, 0.3) is 0 Å². The Labute approximate surface area is 151 Å². The quantitative estimate of drug-likeness (QED) is 0.679. The standard InChI is InChI=1S/C19H17FN6/c20-18-3-1-2-4-19(18)26-11-9-25(10-12-26)17-7-5-15(6-8-17)23-24-16(13-21)14-22/h1-8,23H,9-12H2. The van der Waals surface area contributed by atoms with Crippen molar-refractivity contribution < 1.29 is 4.39 Å². The van der Waals surface area contributed by atoms with E-state index >= 15 is 0 Å². The van der Waals surface area contributed by atoms with E-state index in [-0.39, 0.29) is 11.5 Å². The maximum Gasteiger partial charge on any atom is 0.237 e. The third kappa shape index (κ3) is 3.90. The zero-order valence-corrected chi connectivity index (χ0v) is 14.1. The summed E-state index contributed by atoms with van der Waals surface area (Å²) in [7, 11) is 0. The predicted molar refractivity (Wildman–Crippen MR) is 99.6 cm³/mol. The van der Waals surface area contributed by atoms with Gasteiger partial charge in [-0.05, 0) is 36.4 Å². The molecule has 1 N–H and O–H groups in total. The Kier molecular flexibility index (Phi) is 5.31.